The number of amides is 2. The molecule has 2 aromatic carbocycles. The van der Waals surface area contributed by atoms with Crippen molar-refractivity contribution in [3.8, 4) is 5.75 Å². The summed E-state index contributed by atoms with van der Waals surface area (Å²) >= 11 is 0. The number of para-hydroxylation sites is 1. The third-order valence-electron chi connectivity index (χ3n) is 3.80. The molecule has 4 N–H and O–H groups in total. The summed E-state index contributed by atoms with van der Waals surface area (Å²) in [5.41, 5.74) is 1.80. The van der Waals surface area contributed by atoms with Gasteiger partial charge in [-0.1, -0.05) is 30.3 Å². The van der Waals surface area contributed by atoms with E-state index < -0.39 is 0 Å². The monoisotopic (exact) mass is 397 g/mol. The van der Waals surface area contributed by atoms with Crippen LogP contribution in [0.4, 0.5) is 10.5 Å². The Morgan fingerprint density at radius 3 is 2.41 bits per heavy atom. The van der Waals surface area contributed by atoms with E-state index >= 15 is 0 Å². The number of urea groups is 1. The second-order valence-corrected chi connectivity index (χ2v) is 6.73. The molecule has 0 heterocycles. The third kappa shape index (κ3) is 9.01. The van der Waals surface area contributed by atoms with Gasteiger partial charge in [0, 0.05) is 18.3 Å². The molecule has 0 aromatic heterocycles. The molecule has 0 aliphatic rings. The summed E-state index contributed by atoms with van der Waals surface area (Å²) in [6, 6.07) is 17.3. The van der Waals surface area contributed by atoms with Crippen molar-refractivity contribution >= 4 is 17.7 Å². The van der Waals surface area contributed by atoms with Gasteiger partial charge in [-0.3, -0.25) is 0 Å². The van der Waals surface area contributed by atoms with Gasteiger partial charge in [0.15, 0.2) is 5.96 Å². The van der Waals surface area contributed by atoms with Crippen LogP contribution >= 0.6 is 0 Å². The number of aliphatic imine (C=N–C) groups is 1. The zero-order valence-electron chi connectivity index (χ0n) is 17.4. The second-order valence-electron chi connectivity index (χ2n) is 6.73. The van der Waals surface area contributed by atoms with Crippen molar-refractivity contribution < 1.29 is 9.53 Å². The number of guanidine groups is 1. The van der Waals surface area contributed by atoms with Crippen molar-refractivity contribution in [3.05, 3.63) is 60.2 Å². The van der Waals surface area contributed by atoms with E-state index in [4.69, 9.17) is 4.74 Å². The molecule has 2 aromatic rings. The van der Waals surface area contributed by atoms with E-state index in [0.29, 0.717) is 19.7 Å². The maximum Gasteiger partial charge on any atom is 0.319 e. The minimum absolute atomic E-state index is 0.0960. The lowest BCUT2D eigenvalue weighted by Gasteiger charge is -2.12. The average molecular weight is 398 g/mol. The highest BCUT2D eigenvalue weighted by Gasteiger charge is 2.03. The lowest BCUT2D eigenvalue weighted by molar-refractivity contribution is 0.250. The minimum atomic E-state index is -0.206. The molecule has 0 aliphatic carbocycles. The molecule has 0 bridgehead atoms. The molecule has 0 atom stereocenters. The van der Waals surface area contributed by atoms with Gasteiger partial charge >= 0.3 is 6.03 Å². The average Bonchev–Trinajstić information content (AvgIpc) is 2.70. The second kappa shape index (κ2) is 12.3. The van der Waals surface area contributed by atoms with Gasteiger partial charge in [-0.15, -0.1) is 0 Å². The molecule has 7 nitrogen and oxygen atoms in total. The molecule has 0 radical (unpaired) electrons. The highest BCUT2D eigenvalue weighted by atomic mass is 16.5. The Kier molecular flexibility index (Phi) is 9.35. The Bertz CT molecular complexity index is 761. The van der Waals surface area contributed by atoms with Gasteiger partial charge < -0.3 is 26.0 Å². The number of nitrogens with one attached hydrogen (secondary N) is 4. The third-order valence-corrected chi connectivity index (χ3v) is 3.80. The van der Waals surface area contributed by atoms with Crippen LogP contribution < -0.4 is 26.0 Å². The molecular formula is C22H31N5O2. The largest absolute Gasteiger partial charge is 0.492 e. The maximum atomic E-state index is 11.7. The van der Waals surface area contributed by atoms with Crippen molar-refractivity contribution in [3.63, 3.8) is 0 Å². The number of anilines is 1. The molecule has 2 amide bonds. The first-order chi connectivity index (χ1) is 14.1. The van der Waals surface area contributed by atoms with E-state index in [9.17, 15) is 4.79 Å². The Morgan fingerprint density at radius 1 is 1.03 bits per heavy atom. The van der Waals surface area contributed by atoms with Crippen LogP contribution in [0, 0.1) is 0 Å². The quantitative estimate of drug-likeness (QED) is 0.297. The van der Waals surface area contributed by atoms with E-state index in [1.165, 1.54) is 0 Å². The van der Waals surface area contributed by atoms with Crippen molar-refractivity contribution in [2.75, 3.05) is 25.0 Å². The fourth-order valence-corrected chi connectivity index (χ4v) is 2.49. The van der Waals surface area contributed by atoms with Crippen molar-refractivity contribution in [1.82, 2.24) is 16.0 Å². The minimum Gasteiger partial charge on any atom is -0.492 e. The normalized spacial score (nSPS) is 11.1. The summed E-state index contributed by atoms with van der Waals surface area (Å²) in [6.45, 7) is 8.38. The van der Waals surface area contributed by atoms with E-state index in [-0.39, 0.29) is 12.1 Å². The Hall–Kier alpha value is -3.22. The molecule has 0 unspecified atom stereocenters. The number of benzene rings is 2. The van der Waals surface area contributed by atoms with E-state index in [1.54, 1.807) is 0 Å². The zero-order chi connectivity index (χ0) is 20.9. The molecule has 2 rings (SSSR count). The number of rotatable bonds is 9. The van der Waals surface area contributed by atoms with Crippen LogP contribution in [-0.4, -0.2) is 37.7 Å². The van der Waals surface area contributed by atoms with Crippen LogP contribution in [0.3, 0.4) is 0 Å². The molecule has 156 valence electrons. The highest BCUT2D eigenvalue weighted by Crippen LogP contribution is 2.10. The summed E-state index contributed by atoms with van der Waals surface area (Å²) in [7, 11) is 0. The van der Waals surface area contributed by atoms with E-state index in [0.717, 1.165) is 29.5 Å². The van der Waals surface area contributed by atoms with Gasteiger partial charge in [0.05, 0.1) is 13.1 Å². The van der Waals surface area contributed by atoms with Gasteiger partial charge in [-0.25, -0.2) is 9.79 Å². The van der Waals surface area contributed by atoms with Gasteiger partial charge in [0.1, 0.15) is 12.4 Å². The van der Waals surface area contributed by atoms with Crippen LogP contribution in [0.5, 0.6) is 5.75 Å². The van der Waals surface area contributed by atoms with Gasteiger partial charge in [0.2, 0.25) is 0 Å². The van der Waals surface area contributed by atoms with Crippen molar-refractivity contribution in [2.24, 2.45) is 4.99 Å². The molecule has 0 saturated carbocycles. The summed E-state index contributed by atoms with van der Waals surface area (Å²) < 4.78 is 5.68. The molecule has 0 aliphatic heterocycles. The molecule has 0 saturated heterocycles. The van der Waals surface area contributed by atoms with Crippen molar-refractivity contribution in [2.45, 2.75) is 33.4 Å². The topological polar surface area (TPSA) is 86.8 Å². The lowest BCUT2D eigenvalue weighted by Crippen LogP contribution is -2.39. The summed E-state index contributed by atoms with van der Waals surface area (Å²) in [4.78, 5) is 16.3. The lowest BCUT2D eigenvalue weighted by atomic mass is 10.2. The molecular weight excluding hydrogens is 366 g/mol. The number of ether oxygens (including phenoxy) is 1. The maximum absolute atomic E-state index is 11.7. The first kappa shape index (κ1) is 22.1. The first-order valence-corrected chi connectivity index (χ1v) is 9.93. The molecule has 7 heteroatoms. The van der Waals surface area contributed by atoms with Crippen molar-refractivity contribution in [1.29, 1.82) is 0 Å². The summed E-state index contributed by atoms with van der Waals surface area (Å²) in [6.07, 6.45) is 0. The fourth-order valence-electron chi connectivity index (χ4n) is 2.49. The van der Waals surface area contributed by atoms with Crippen LogP contribution in [0.15, 0.2) is 59.6 Å². The van der Waals surface area contributed by atoms with E-state index in [2.05, 4.69) is 26.3 Å². The number of hydrogen-bond donors (Lipinski definition) is 4. The standard InChI is InChI=1S/C22H31N5O2/c1-4-23-21(24-14-15-29-20-8-6-5-7-9-20)25-16-18-10-12-19(13-11-18)27-22(28)26-17(2)3/h5-13,17H,4,14-16H2,1-3H3,(H2,23,24,25)(H2,26,27,28). The SMILES string of the molecule is CCNC(=NCc1ccc(NC(=O)NC(C)C)cc1)NCCOc1ccccc1. The summed E-state index contributed by atoms with van der Waals surface area (Å²) in [5.74, 6) is 1.59. The van der Waals surface area contributed by atoms with Gasteiger partial charge in [0.25, 0.3) is 0 Å². The Labute approximate surface area is 173 Å². The number of nitrogens with zero attached hydrogens (tertiary/aromatic N) is 1. The van der Waals surface area contributed by atoms with Crippen LogP contribution in [0.25, 0.3) is 0 Å². The Balaban J connectivity index is 1.80. The number of hydrogen-bond acceptors (Lipinski definition) is 3. The summed E-state index contributed by atoms with van der Waals surface area (Å²) in [5, 5.41) is 12.1. The smallest absolute Gasteiger partial charge is 0.319 e. The van der Waals surface area contributed by atoms with Gasteiger partial charge in [-0.2, -0.15) is 0 Å². The first-order valence-electron chi connectivity index (χ1n) is 9.93. The van der Waals surface area contributed by atoms with Crippen LogP contribution in [0.1, 0.15) is 26.3 Å². The predicted octanol–water partition coefficient (Wildman–Crippen LogP) is 3.35. The van der Waals surface area contributed by atoms with Crippen LogP contribution in [-0.2, 0) is 6.54 Å². The Morgan fingerprint density at radius 2 is 1.76 bits per heavy atom. The fraction of sp³-hybridized carbons (Fsp3) is 0.364. The van der Waals surface area contributed by atoms with Crippen LogP contribution in [0.2, 0.25) is 0 Å². The zero-order valence-corrected chi connectivity index (χ0v) is 17.4. The molecule has 29 heavy (non-hydrogen) atoms. The molecule has 0 fully saturated rings. The highest BCUT2D eigenvalue weighted by molar-refractivity contribution is 5.89. The number of carbonyl (C=O) groups excluding carboxylic acids is 1. The van der Waals surface area contributed by atoms with E-state index in [1.807, 2.05) is 75.4 Å². The number of carbonyl (C=O) groups is 1. The predicted molar refractivity (Wildman–Crippen MR) is 118 cm³/mol. The molecule has 0 spiro atoms. The van der Waals surface area contributed by atoms with Gasteiger partial charge in [-0.05, 0) is 50.6 Å².